The summed E-state index contributed by atoms with van der Waals surface area (Å²) in [6.45, 7) is 3.64. The summed E-state index contributed by atoms with van der Waals surface area (Å²) in [6, 6.07) is 5.55. The summed E-state index contributed by atoms with van der Waals surface area (Å²) in [5.74, 6) is -0.303. The Morgan fingerprint density at radius 1 is 1.26 bits per heavy atom. The van der Waals surface area contributed by atoms with Crippen molar-refractivity contribution >= 4 is 28.9 Å². The molecule has 0 aliphatic carbocycles. The predicted molar refractivity (Wildman–Crippen MR) is 107 cm³/mol. The molecule has 27 heavy (non-hydrogen) atoms. The van der Waals surface area contributed by atoms with E-state index >= 15 is 0 Å². The summed E-state index contributed by atoms with van der Waals surface area (Å²) in [5.41, 5.74) is 17.3. The van der Waals surface area contributed by atoms with Crippen LogP contribution in [-0.4, -0.2) is 43.2 Å². The van der Waals surface area contributed by atoms with Crippen molar-refractivity contribution in [2.75, 3.05) is 29.9 Å². The van der Waals surface area contributed by atoms with Crippen molar-refractivity contribution in [3.8, 4) is 0 Å². The van der Waals surface area contributed by atoms with Crippen molar-refractivity contribution < 1.29 is 9.59 Å². The van der Waals surface area contributed by atoms with Crippen LogP contribution in [0.4, 0.5) is 11.4 Å². The summed E-state index contributed by atoms with van der Waals surface area (Å²) < 4.78 is 0. The molecule has 1 unspecified atom stereocenters. The maximum Gasteiger partial charge on any atom is 0.238 e. The SMILES string of the molecule is CC1NN=C2c3cc(NC(=O)CCCCN)ccc3N(CCCN)C(=O)[C@@H]21. The van der Waals surface area contributed by atoms with Crippen LogP contribution in [0.15, 0.2) is 23.3 Å². The number of hydrogen-bond donors (Lipinski definition) is 4. The molecule has 8 nitrogen and oxygen atoms in total. The number of rotatable bonds is 8. The maximum atomic E-state index is 13.0. The van der Waals surface area contributed by atoms with Crippen LogP contribution < -0.4 is 27.1 Å². The lowest BCUT2D eigenvalue weighted by atomic mass is 9.86. The molecule has 2 aliphatic rings. The van der Waals surface area contributed by atoms with Crippen molar-refractivity contribution in [3.63, 3.8) is 0 Å². The van der Waals surface area contributed by atoms with E-state index in [4.69, 9.17) is 11.5 Å². The Balaban J connectivity index is 1.86. The fourth-order valence-electron chi connectivity index (χ4n) is 3.59. The highest BCUT2D eigenvalue weighted by Gasteiger charge is 2.43. The smallest absolute Gasteiger partial charge is 0.238 e. The van der Waals surface area contributed by atoms with Crippen LogP contribution in [-0.2, 0) is 9.59 Å². The van der Waals surface area contributed by atoms with Gasteiger partial charge >= 0.3 is 0 Å². The van der Waals surface area contributed by atoms with Gasteiger partial charge < -0.3 is 27.1 Å². The van der Waals surface area contributed by atoms with Gasteiger partial charge in [0.2, 0.25) is 11.8 Å². The molecule has 6 N–H and O–H groups in total. The normalized spacial score (nSPS) is 20.6. The molecule has 1 aromatic carbocycles. The highest BCUT2D eigenvalue weighted by molar-refractivity contribution is 6.25. The van der Waals surface area contributed by atoms with Crippen LogP contribution in [0.2, 0.25) is 0 Å². The number of benzene rings is 1. The van der Waals surface area contributed by atoms with E-state index in [0.717, 1.165) is 36.2 Å². The second-order valence-electron chi connectivity index (χ2n) is 7.05. The number of nitrogens with zero attached hydrogens (tertiary/aromatic N) is 2. The van der Waals surface area contributed by atoms with Gasteiger partial charge in [0.15, 0.2) is 0 Å². The second-order valence-corrected chi connectivity index (χ2v) is 7.05. The first-order valence-corrected chi connectivity index (χ1v) is 9.55. The molecule has 0 radical (unpaired) electrons. The van der Waals surface area contributed by atoms with E-state index in [0.29, 0.717) is 31.7 Å². The molecular formula is C19H28N6O2. The number of nitrogens with one attached hydrogen (secondary N) is 2. The summed E-state index contributed by atoms with van der Waals surface area (Å²) in [7, 11) is 0. The molecule has 2 aliphatic heterocycles. The number of hydrogen-bond acceptors (Lipinski definition) is 6. The van der Waals surface area contributed by atoms with Gasteiger partial charge in [-0.1, -0.05) is 0 Å². The molecule has 2 amide bonds. The van der Waals surface area contributed by atoms with Crippen molar-refractivity contribution in [1.82, 2.24) is 5.43 Å². The van der Waals surface area contributed by atoms with Crippen molar-refractivity contribution in [2.45, 2.75) is 38.6 Å². The molecule has 2 heterocycles. The highest BCUT2D eigenvalue weighted by atomic mass is 16.2. The molecule has 0 saturated heterocycles. The van der Waals surface area contributed by atoms with Crippen LogP contribution >= 0.6 is 0 Å². The number of nitrogens with two attached hydrogens (primary N) is 2. The van der Waals surface area contributed by atoms with Gasteiger partial charge in [-0.05, 0) is 57.5 Å². The number of carbonyl (C=O) groups is 2. The van der Waals surface area contributed by atoms with E-state index in [1.165, 1.54) is 0 Å². The third-order valence-corrected chi connectivity index (χ3v) is 5.01. The number of carbonyl (C=O) groups excluding carboxylic acids is 2. The topological polar surface area (TPSA) is 126 Å². The van der Waals surface area contributed by atoms with E-state index in [-0.39, 0.29) is 23.8 Å². The number of fused-ring (bicyclic) bond motifs is 3. The molecule has 0 spiro atoms. The number of amides is 2. The molecule has 1 aromatic rings. The largest absolute Gasteiger partial charge is 0.330 e. The lowest BCUT2D eigenvalue weighted by Gasteiger charge is -2.34. The number of anilines is 2. The van der Waals surface area contributed by atoms with Gasteiger partial charge in [-0.15, -0.1) is 0 Å². The van der Waals surface area contributed by atoms with Crippen LogP contribution in [0.3, 0.4) is 0 Å². The van der Waals surface area contributed by atoms with Crippen LogP contribution in [0, 0.1) is 5.92 Å². The van der Waals surface area contributed by atoms with E-state index in [1.807, 2.05) is 25.1 Å². The van der Waals surface area contributed by atoms with Crippen LogP contribution in [0.25, 0.3) is 0 Å². The molecule has 146 valence electrons. The summed E-state index contributed by atoms with van der Waals surface area (Å²) in [6.07, 6.45) is 2.77. The molecule has 2 atom stereocenters. The Bertz CT molecular complexity index is 748. The minimum Gasteiger partial charge on any atom is -0.330 e. The van der Waals surface area contributed by atoms with Gasteiger partial charge in [-0.2, -0.15) is 5.10 Å². The van der Waals surface area contributed by atoms with E-state index in [2.05, 4.69) is 15.8 Å². The van der Waals surface area contributed by atoms with E-state index < -0.39 is 0 Å². The first kappa shape index (κ1) is 19.3. The second kappa shape index (κ2) is 8.49. The average molecular weight is 372 g/mol. The van der Waals surface area contributed by atoms with Crippen LogP contribution in [0.5, 0.6) is 0 Å². The molecule has 0 saturated carbocycles. The van der Waals surface area contributed by atoms with Crippen molar-refractivity contribution in [3.05, 3.63) is 23.8 Å². The average Bonchev–Trinajstić information content (AvgIpc) is 3.04. The Morgan fingerprint density at radius 3 is 2.78 bits per heavy atom. The zero-order valence-electron chi connectivity index (χ0n) is 15.7. The van der Waals surface area contributed by atoms with Crippen molar-refractivity contribution in [2.24, 2.45) is 22.5 Å². The molecular weight excluding hydrogens is 344 g/mol. The number of hydrazone groups is 1. The minimum absolute atomic E-state index is 0.0355. The van der Waals surface area contributed by atoms with Gasteiger partial charge in [-0.3, -0.25) is 9.59 Å². The lowest BCUT2D eigenvalue weighted by molar-refractivity contribution is -0.121. The first-order valence-electron chi connectivity index (χ1n) is 9.55. The van der Waals surface area contributed by atoms with Gasteiger partial charge in [0.05, 0.1) is 17.4 Å². The summed E-state index contributed by atoms with van der Waals surface area (Å²) in [5, 5.41) is 7.33. The van der Waals surface area contributed by atoms with E-state index in [9.17, 15) is 9.59 Å². The quantitative estimate of drug-likeness (QED) is 0.501. The predicted octanol–water partition coefficient (Wildman–Crippen LogP) is 0.762. The van der Waals surface area contributed by atoms with Gasteiger partial charge in [0, 0.05) is 24.2 Å². The first-order chi connectivity index (χ1) is 13.1. The third-order valence-electron chi connectivity index (χ3n) is 5.01. The Morgan fingerprint density at radius 2 is 2.04 bits per heavy atom. The Kier molecular flexibility index (Phi) is 6.08. The zero-order chi connectivity index (χ0) is 19.4. The molecule has 0 fully saturated rings. The Labute approximate surface area is 159 Å². The zero-order valence-corrected chi connectivity index (χ0v) is 15.7. The third kappa shape index (κ3) is 3.96. The summed E-state index contributed by atoms with van der Waals surface area (Å²) >= 11 is 0. The van der Waals surface area contributed by atoms with Gasteiger partial charge in [0.1, 0.15) is 5.92 Å². The molecule has 3 rings (SSSR count). The molecule has 8 heteroatoms. The fraction of sp³-hybridized carbons (Fsp3) is 0.526. The monoisotopic (exact) mass is 372 g/mol. The Hall–Kier alpha value is -2.45. The highest BCUT2D eigenvalue weighted by Crippen LogP contribution is 2.36. The van der Waals surface area contributed by atoms with Crippen LogP contribution in [0.1, 0.15) is 38.2 Å². The minimum atomic E-state index is -0.314. The standard InChI is InChI=1S/C19H28N6O2/c1-12-17-18(24-23-12)14-11-13(22-16(26)5-2-3-8-20)6-7-15(14)25(19(17)27)10-4-9-21/h6-7,11-12,17,23H,2-5,8-10,20-21H2,1H3,(H,22,26)/t12?,17-/m1/s1. The molecule has 0 bridgehead atoms. The summed E-state index contributed by atoms with van der Waals surface area (Å²) in [4.78, 5) is 26.9. The lowest BCUT2D eigenvalue weighted by Crippen LogP contribution is -2.48. The van der Waals surface area contributed by atoms with E-state index in [1.54, 1.807) is 4.90 Å². The fourth-order valence-corrected chi connectivity index (χ4v) is 3.59. The van der Waals surface area contributed by atoms with Crippen molar-refractivity contribution in [1.29, 1.82) is 0 Å². The molecule has 0 aromatic heterocycles. The van der Waals surface area contributed by atoms with Gasteiger partial charge in [-0.25, -0.2) is 0 Å². The van der Waals surface area contributed by atoms with Gasteiger partial charge in [0.25, 0.3) is 0 Å². The number of unbranched alkanes of at least 4 members (excludes halogenated alkanes) is 1. The maximum absolute atomic E-state index is 13.0.